The lowest BCUT2D eigenvalue weighted by Gasteiger charge is -2.07. The van der Waals surface area contributed by atoms with Crippen molar-refractivity contribution >= 4 is 6.03 Å². The zero-order valence-electron chi connectivity index (χ0n) is 12.5. The summed E-state index contributed by atoms with van der Waals surface area (Å²) in [6.07, 6.45) is 8.02. The van der Waals surface area contributed by atoms with Crippen LogP contribution in [-0.4, -0.2) is 25.6 Å². The Labute approximate surface area is 119 Å². The molecule has 0 radical (unpaired) electrons. The van der Waals surface area contributed by atoms with Gasteiger partial charge in [0.1, 0.15) is 0 Å². The van der Waals surface area contributed by atoms with Gasteiger partial charge in [0, 0.05) is 12.4 Å². The number of aryl methyl sites for hydroxylation is 1. The van der Waals surface area contributed by atoms with Gasteiger partial charge < -0.3 is 0 Å². The average Bonchev–Trinajstić information content (AvgIpc) is 3.08. The summed E-state index contributed by atoms with van der Waals surface area (Å²) in [4.78, 5) is 12.5. The van der Waals surface area contributed by atoms with Crippen molar-refractivity contribution in [3.8, 4) is 0 Å². The summed E-state index contributed by atoms with van der Waals surface area (Å²) in [6.45, 7) is 6.36. The van der Waals surface area contributed by atoms with Crippen LogP contribution in [0.3, 0.4) is 0 Å². The molecule has 0 amide bonds. The van der Waals surface area contributed by atoms with E-state index in [9.17, 15) is 4.79 Å². The maximum atomic E-state index is 12.5. The topological polar surface area (TPSA) is 52.7 Å². The molecule has 0 aromatic carbocycles. The summed E-state index contributed by atoms with van der Waals surface area (Å²) in [7, 11) is 0. The zero-order chi connectivity index (χ0) is 14.5. The first-order valence-corrected chi connectivity index (χ1v) is 7.36. The van der Waals surface area contributed by atoms with E-state index in [4.69, 9.17) is 0 Å². The lowest BCUT2D eigenvalue weighted by molar-refractivity contribution is 0.237. The quantitative estimate of drug-likeness (QED) is 0.842. The van der Waals surface area contributed by atoms with Crippen LogP contribution in [0.15, 0.2) is 18.5 Å². The molecule has 108 valence electrons. The van der Waals surface area contributed by atoms with Crippen molar-refractivity contribution in [1.29, 1.82) is 0 Å². The van der Waals surface area contributed by atoms with Gasteiger partial charge in [-0.15, -0.1) is 0 Å². The highest BCUT2D eigenvalue weighted by atomic mass is 16.2. The molecule has 5 heteroatoms. The second-order valence-corrected chi connectivity index (χ2v) is 4.87. The smallest absolute Gasteiger partial charge is 0.244 e. The van der Waals surface area contributed by atoms with Crippen molar-refractivity contribution in [3.63, 3.8) is 0 Å². The Balaban J connectivity index is 2.48. The molecule has 0 spiro atoms. The van der Waals surface area contributed by atoms with Crippen LogP contribution in [0.2, 0.25) is 0 Å². The summed E-state index contributed by atoms with van der Waals surface area (Å²) in [5.41, 5.74) is 3.33. The van der Waals surface area contributed by atoms with Crippen molar-refractivity contribution in [2.24, 2.45) is 0 Å². The molecule has 2 aromatic rings. The van der Waals surface area contributed by atoms with Gasteiger partial charge in [-0.25, -0.2) is 4.79 Å². The van der Waals surface area contributed by atoms with Crippen molar-refractivity contribution in [2.45, 2.75) is 52.9 Å². The average molecular weight is 274 g/mol. The van der Waals surface area contributed by atoms with Gasteiger partial charge in [-0.1, -0.05) is 33.6 Å². The Morgan fingerprint density at radius 3 is 2.50 bits per heavy atom. The predicted octanol–water partition coefficient (Wildman–Crippen LogP) is 3.06. The molecule has 5 nitrogen and oxygen atoms in total. The Bertz CT molecular complexity index is 569. The number of carbonyl (C=O) groups excluding carboxylic acids is 1. The van der Waals surface area contributed by atoms with Gasteiger partial charge in [0.05, 0.1) is 11.4 Å². The van der Waals surface area contributed by atoms with E-state index in [0.717, 1.165) is 43.5 Å². The summed E-state index contributed by atoms with van der Waals surface area (Å²) < 4.78 is 2.88. The monoisotopic (exact) mass is 274 g/mol. The fraction of sp³-hybridized carbons (Fsp3) is 0.533. The highest BCUT2D eigenvalue weighted by Crippen LogP contribution is 2.19. The van der Waals surface area contributed by atoms with E-state index < -0.39 is 0 Å². The summed E-state index contributed by atoms with van der Waals surface area (Å²) in [5.74, 6) is 0. The predicted molar refractivity (Wildman–Crippen MR) is 78.0 cm³/mol. The molecule has 0 bridgehead atoms. The molecule has 0 aliphatic rings. The minimum atomic E-state index is -0.199. The van der Waals surface area contributed by atoms with Crippen LogP contribution in [0.5, 0.6) is 0 Å². The number of aromatic nitrogens is 4. The van der Waals surface area contributed by atoms with E-state index in [-0.39, 0.29) is 6.03 Å². The second-order valence-electron chi connectivity index (χ2n) is 4.87. The highest BCUT2D eigenvalue weighted by molar-refractivity contribution is 5.78. The third-order valence-corrected chi connectivity index (χ3v) is 3.38. The van der Waals surface area contributed by atoms with Gasteiger partial charge in [0.25, 0.3) is 0 Å². The van der Waals surface area contributed by atoms with E-state index in [1.54, 1.807) is 23.1 Å². The van der Waals surface area contributed by atoms with Crippen LogP contribution in [0.1, 0.15) is 50.6 Å². The van der Waals surface area contributed by atoms with Crippen LogP contribution >= 0.6 is 0 Å². The molecule has 0 atom stereocenters. The number of hydrogen-bond donors (Lipinski definition) is 0. The van der Waals surface area contributed by atoms with Crippen LogP contribution in [0.4, 0.5) is 4.79 Å². The van der Waals surface area contributed by atoms with E-state index >= 15 is 0 Å². The van der Waals surface area contributed by atoms with Gasteiger partial charge in [0.2, 0.25) is 0 Å². The van der Waals surface area contributed by atoms with Gasteiger partial charge in [-0.05, 0) is 30.9 Å². The molecule has 0 saturated heterocycles. The van der Waals surface area contributed by atoms with Crippen LogP contribution < -0.4 is 0 Å². The normalized spacial score (nSPS) is 10.9. The minimum absolute atomic E-state index is 0.199. The lowest BCUT2D eigenvalue weighted by atomic mass is 10.0. The highest BCUT2D eigenvalue weighted by Gasteiger charge is 2.20. The molecular weight excluding hydrogens is 252 g/mol. The summed E-state index contributed by atoms with van der Waals surface area (Å²) >= 11 is 0. The van der Waals surface area contributed by atoms with Gasteiger partial charge in [-0.2, -0.15) is 19.6 Å². The van der Waals surface area contributed by atoms with E-state index in [1.165, 1.54) is 10.2 Å². The minimum Gasteiger partial charge on any atom is -0.244 e. The van der Waals surface area contributed by atoms with Crippen LogP contribution in [-0.2, 0) is 19.3 Å². The molecule has 0 saturated carbocycles. The molecule has 0 unspecified atom stereocenters. The first kappa shape index (κ1) is 14.5. The number of nitrogens with zero attached hydrogens (tertiary/aromatic N) is 4. The van der Waals surface area contributed by atoms with Gasteiger partial charge >= 0.3 is 6.03 Å². The largest absolute Gasteiger partial charge is 0.369 e. The molecule has 0 aliphatic heterocycles. The lowest BCUT2D eigenvalue weighted by Crippen LogP contribution is -2.23. The number of hydrogen-bond acceptors (Lipinski definition) is 3. The zero-order valence-corrected chi connectivity index (χ0v) is 12.5. The fourth-order valence-corrected chi connectivity index (χ4v) is 2.49. The molecule has 2 aromatic heterocycles. The summed E-state index contributed by atoms with van der Waals surface area (Å²) in [6, 6.07) is 1.55. The Morgan fingerprint density at radius 1 is 1.20 bits per heavy atom. The standard InChI is InChI=1S/C15H22N4O/c1-4-8-12-13(6-3)17-19(14(12)9-5-2)15(20)18-11-7-10-16-18/h7,10-11H,4-6,8-9H2,1-3H3. The number of carbonyl (C=O) groups is 1. The Hall–Kier alpha value is -1.91. The van der Waals surface area contributed by atoms with Crippen molar-refractivity contribution < 1.29 is 4.79 Å². The maximum Gasteiger partial charge on any atom is 0.369 e. The molecular formula is C15H22N4O. The van der Waals surface area contributed by atoms with Crippen molar-refractivity contribution in [1.82, 2.24) is 19.6 Å². The first-order valence-electron chi connectivity index (χ1n) is 7.36. The maximum absolute atomic E-state index is 12.5. The van der Waals surface area contributed by atoms with E-state index in [0.29, 0.717) is 0 Å². The molecule has 2 heterocycles. The second kappa shape index (κ2) is 6.50. The first-order chi connectivity index (χ1) is 9.72. The molecule has 2 rings (SSSR count). The van der Waals surface area contributed by atoms with Gasteiger partial charge in [-0.3, -0.25) is 0 Å². The third-order valence-electron chi connectivity index (χ3n) is 3.38. The van der Waals surface area contributed by atoms with Crippen LogP contribution in [0, 0.1) is 0 Å². The SMILES string of the molecule is CCCc1c(CC)nn(C(=O)n2cccn2)c1CCC. The molecule has 0 fully saturated rings. The van der Waals surface area contributed by atoms with E-state index in [2.05, 4.69) is 31.0 Å². The number of rotatable bonds is 5. The molecule has 0 aliphatic carbocycles. The Kier molecular flexibility index (Phi) is 4.71. The van der Waals surface area contributed by atoms with Crippen molar-refractivity contribution in [2.75, 3.05) is 0 Å². The third kappa shape index (κ3) is 2.66. The van der Waals surface area contributed by atoms with Crippen molar-refractivity contribution in [3.05, 3.63) is 35.4 Å². The fourth-order valence-electron chi connectivity index (χ4n) is 2.49. The Morgan fingerprint density at radius 2 is 1.95 bits per heavy atom. The molecule has 0 N–H and O–H groups in total. The van der Waals surface area contributed by atoms with Gasteiger partial charge in [0.15, 0.2) is 0 Å². The summed E-state index contributed by atoms with van der Waals surface area (Å²) in [5, 5.41) is 8.54. The van der Waals surface area contributed by atoms with Crippen LogP contribution in [0.25, 0.3) is 0 Å². The van der Waals surface area contributed by atoms with E-state index in [1.807, 2.05) is 0 Å². The molecule has 20 heavy (non-hydrogen) atoms.